The fourth-order valence-electron chi connectivity index (χ4n) is 2.54. The van der Waals surface area contributed by atoms with Crippen molar-refractivity contribution in [2.45, 2.75) is 31.3 Å². The molecule has 0 aromatic carbocycles. The van der Waals surface area contributed by atoms with Gasteiger partial charge in [-0.05, 0) is 11.6 Å². The minimum absolute atomic E-state index is 0.134. The second-order valence-electron chi connectivity index (χ2n) is 5.07. The Morgan fingerprint density at radius 2 is 2.26 bits per heavy atom. The van der Waals surface area contributed by atoms with Crippen molar-refractivity contribution in [1.29, 1.82) is 0 Å². The van der Waals surface area contributed by atoms with Gasteiger partial charge in [0.05, 0.1) is 25.9 Å². The summed E-state index contributed by atoms with van der Waals surface area (Å²) < 4.78 is 17.2. The Balaban J connectivity index is 1.42. The van der Waals surface area contributed by atoms with Gasteiger partial charge < -0.3 is 19.5 Å². The molecule has 3 heterocycles. The van der Waals surface area contributed by atoms with E-state index in [4.69, 9.17) is 14.2 Å². The quantitative estimate of drug-likeness (QED) is 0.882. The van der Waals surface area contributed by atoms with Crippen LogP contribution in [0.15, 0.2) is 24.5 Å². The third kappa shape index (κ3) is 3.30. The molecule has 1 aromatic heterocycles. The van der Waals surface area contributed by atoms with Crippen molar-refractivity contribution in [3.8, 4) is 0 Å². The molecule has 5 heteroatoms. The average Bonchev–Trinajstić information content (AvgIpc) is 2.84. The molecule has 19 heavy (non-hydrogen) atoms. The smallest absolute Gasteiger partial charge is 0.173 e. The summed E-state index contributed by atoms with van der Waals surface area (Å²) in [6.07, 6.45) is 5.47. The van der Waals surface area contributed by atoms with Crippen molar-refractivity contribution in [3.63, 3.8) is 0 Å². The van der Waals surface area contributed by atoms with Crippen molar-refractivity contribution < 1.29 is 14.2 Å². The number of aromatic nitrogens is 1. The molecule has 2 saturated heterocycles. The van der Waals surface area contributed by atoms with Gasteiger partial charge in [0.1, 0.15) is 0 Å². The van der Waals surface area contributed by atoms with E-state index >= 15 is 0 Å². The second-order valence-corrected chi connectivity index (χ2v) is 5.07. The van der Waals surface area contributed by atoms with Crippen LogP contribution in [0, 0.1) is 0 Å². The molecule has 3 rings (SSSR count). The van der Waals surface area contributed by atoms with Crippen LogP contribution in [0.2, 0.25) is 0 Å². The van der Waals surface area contributed by atoms with E-state index in [0.717, 1.165) is 39.1 Å². The van der Waals surface area contributed by atoms with Crippen LogP contribution in [0.4, 0.5) is 0 Å². The van der Waals surface area contributed by atoms with Crippen molar-refractivity contribution in [2.75, 3.05) is 26.4 Å². The monoisotopic (exact) mass is 264 g/mol. The van der Waals surface area contributed by atoms with Gasteiger partial charge in [-0.1, -0.05) is 6.07 Å². The highest BCUT2D eigenvalue weighted by molar-refractivity contribution is 5.07. The van der Waals surface area contributed by atoms with E-state index in [2.05, 4.69) is 16.4 Å². The predicted molar refractivity (Wildman–Crippen MR) is 69.6 cm³/mol. The van der Waals surface area contributed by atoms with E-state index in [-0.39, 0.29) is 11.9 Å². The predicted octanol–water partition coefficient (Wildman–Crippen LogP) is 1.09. The molecule has 1 N–H and O–H groups in total. The zero-order valence-corrected chi connectivity index (χ0v) is 11.0. The van der Waals surface area contributed by atoms with Gasteiger partial charge in [-0.2, -0.15) is 0 Å². The molecule has 104 valence electrons. The summed E-state index contributed by atoms with van der Waals surface area (Å²) in [5, 5.41) is 3.39. The molecule has 5 nitrogen and oxygen atoms in total. The minimum Gasteiger partial charge on any atom is -0.381 e. The zero-order chi connectivity index (χ0) is 13.0. The molecule has 2 fully saturated rings. The summed E-state index contributed by atoms with van der Waals surface area (Å²) in [7, 11) is 0. The summed E-state index contributed by atoms with van der Waals surface area (Å²) >= 11 is 0. The molecule has 0 radical (unpaired) electrons. The van der Waals surface area contributed by atoms with Crippen molar-refractivity contribution >= 4 is 0 Å². The van der Waals surface area contributed by atoms with Crippen LogP contribution in [-0.2, 0) is 20.8 Å². The van der Waals surface area contributed by atoms with E-state index in [1.165, 1.54) is 5.56 Å². The maximum atomic E-state index is 6.05. The third-order valence-corrected chi connectivity index (χ3v) is 3.59. The maximum absolute atomic E-state index is 6.05. The molecule has 2 aliphatic rings. The molecule has 0 unspecified atom stereocenters. The molecule has 0 bridgehead atoms. The molecule has 1 spiro atoms. The normalized spacial score (nSPS) is 25.8. The molecule has 0 saturated carbocycles. The first-order chi connectivity index (χ1) is 9.36. The molecular formula is C14H20N2O3. The summed E-state index contributed by atoms with van der Waals surface area (Å²) in [5.74, 6) is -0.376. The van der Waals surface area contributed by atoms with Crippen molar-refractivity contribution in [2.24, 2.45) is 0 Å². The number of hydrogen-bond acceptors (Lipinski definition) is 5. The molecular weight excluding hydrogens is 244 g/mol. The Morgan fingerprint density at radius 1 is 1.37 bits per heavy atom. The van der Waals surface area contributed by atoms with Gasteiger partial charge in [0.25, 0.3) is 0 Å². The first-order valence-corrected chi connectivity index (χ1v) is 6.85. The van der Waals surface area contributed by atoms with Gasteiger partial charge in [0, 0.05) is 38.3 Å². The molecule has 2 aliphatic heterocycles. The molecule has 0 aliphatic carbocycles. The summed E-state index contributed by atoms with van der Waals surface area (Å²) in [6, 6.07) is 4.01. The van der Waals surface area contributed by atoms with Crippen LogP contribution in [0.1, 0.15) is 18.4 Å². The van der Waals surface area contributed by atoms with Gasteiger partial charge in [0.15, 0.2) is 5.79 Å². The Labute approximate surface area is 113 Å². The number of ether oxygens (including phenoxy) is 3. The highest BCUT2D eigenvalue weighted by Gasteiger charge is 2.42. The molecule has 1 aromatic rings. The first-order valence-electron chi connectivity index (χ1n) is 6.85. The Bertz CT molecular complexity index is 393. The van der Waals surface area contributed by atoms with Crippen molar-refractivity contribution in [1.82, 2.24) is 10.3 Å². The van der Waals surface area contributed by atoms with Crippen LogP contribution >= 0.6 is 0 Å². The van der Waals surface area contributed by atoms with Gasteiger partial charge in [-0.15, -0.1) is 0 Å². The topological polar surface area (TPSA) is 52.6 Å². The lowest BCUT2D eigenvalue weighted by atomic mass is 10.1. The van der Waals surface area contributed by atoms with Gasteiger partial charge in [0.2, 0.25) is 0 Å². The van der Waals surface area contributed by atoms with Crippen molar-refractivity contribution in [3.05, 3.63) is 30.1 Å². The largest absolute Gasteiger partial charge is 0.381 e. The fourth-order valence-corrected chi connectivity index (χ4v) is 2.54. The van der Waals surface area contributed by atoms with Crippen LogP contribution in [0.25, 0.3) is 0 Å². The van der Waals surface area contributed by atoms with Crippen LogP contribution in [-0.4, -0.2) is 43.2 Å². The minimum atomic E-state index is -0.376. The third-order valence-electron chi connectivity index (χ3n) is 3.59. The van der Waals surface area contributed by atoms with Crippen LogP contribution < -0.4 is 5.32 Å². The standard InChI is InChI=1S/C14H20N2O3/c1-2-12(8-15-5-1)9-16-10-13-11-18-14(19-13)3-6-17-7-4-14/h1-2,5,8,13,16H,3-4,6-7,9-11H2/t13-/m1/s1. The van der Waals surface area contributed by atoms with Gasteiger partial charge in [-0.3, -0.25) is 4.98 Å². The van der Waals surface area contributed by atoms with Gasteiger partial charge >= 0.3 is 0 Å². The zero-order valence-electron chi connectivity index (χ0n) is 11.0. The lowest BCUT2D eigenvalue weighted by molar-refractivity contribution is -0.210. The SMILES string of the molecule is c1cncc(CNC[C@@H]2COC3(CCOCC3)O2)c1. The molecule has 1 atom stereocenters. The van der Waals surface area contributed by atoms with E-state index in [9.17, 15) is 0 Å². The van der Waals surface area contributed by atoms with Crippen LogP contribution in [0.5, 0.6) is 0 Å². The lowest BCUT2D eigenvalue weighted by Gasteiger charge is -2.31. The average molecular weight is 264 g/mol. The summed E-state index contributed by atoms with van der Waals surface area (Å²) in [4.78, 5) is 4.09. The summed E-state index contributed by atoms with van der Waals surface area (Å²) in [6.45, 7) is 3.74. The number of pyridine rings is 1. The second kappa shape index (κ2) is 5.96. The number of rotatable bonds is 4. The van der Waals surface area contributed by atoms with E-state index in [0.29, 0.717) is 6.61 Å². The highest BCUT2D eigenvalue weighted by atomic mass is 16.7. The Morgan fingerprint density at radius 3 is 3.05 bits per heavy atom. The maximum Gasteiger partial charge on any atom is 0.173 e. The Hall–Kier alpha value is -1.01. The van der Waals surface area contributed by atoms with E-state index in [1.807, 2.05) is 12.3 Å². The fraction of sp³-hybridized carbons (Fsp3) is 0.643. The Kier molecular flexibility index (Phi) is 4.08. The van der Waals surface area contributed by atoms with E-state index < -0.39 is 0 Å². The van der Waals surface area contributed by atoms with E-state index in [1.54, 1.807) is 6.20 Å². The summed E-state index contributed by atoms with van der Waals surface area (Å²) in [5.41, 5.74) is 1.18. The number of nitrogens with zero attached hydrogens (tertiary/aromatic N) is 1. The lowest BCUT2D eigenvalue weighted by Crippen LogP contribution is -2.39. The van der Waals surface area contributed by atoms with Gasteiger partial charge in [-0.25, -0.2) is 0 Å². The number of nitrogens with one attached hydrogen (secondary N) is 1. The van der Waals surface area contributed by atoms with Crippen LogP contribution in [0.3, 0.4) is 0 Å². The molecule has 0 amide bonds. The first kappa shape index (κ1) is 13.0. The number of hydrogen-bond donors (Lipinski definition) is 1. The highest BCUT2D eigenvalue weighted by Crippen LogP contribution is 2.32.